The fraction of sp³-hybridized carbons (Fsp3) is 0.231. The van der Waals surface area contributed by atoms with Gasteiger partial charge < -0.3 is 10.0 Å². The SMILES string of the molecule is CN(Cc1cnn(C)c1)C(=O)c1cc(O)ccc1[N+](=O)[O-]. The summed E-state index contributed by atoms with van der Waals surface area (Å²) in [5, 5.41) is 24.4. The number of phenols is 1. The number of nitro benzene ring substituents is 1. The number of benzene rings is 1. The van der Waals surface area contributed by atoms with Gasteiger partial charge in [0.05, 0.1) is 11.1 Å². The third kappa shape index (κ3) is 3.16. The Morgan fingerprint density at radius 3 is 2.81 bits per heavy atom. The maximum atomic E-state index is 12.3. The Balaban J connectivity index is 2.26. The van der Waals surface area contributed by atoms with E-state index in [0.717, 1.165) is 17.7 Å². The molecule has 2 aromatic rings. The zero-order chi connectivity index (χ0) is 15.6. The number of aromatic hydroxyl groups is 1. The van der Waals surface area contributed by atoms with Gasteiger partial charge in [0.2, 0.25) is 0 Å². The molecule has 0 fully saturated rings. The highest BCUT2D eigenvalue weighted by Gasteiger charge is 2.23. The molecule has 21 heavy (non-hydrogen) atoms. The van der Waals surface area contributed by atoms with Gasteiger partial charge in [0.15, 0.2) is 0 Å². The monoisotopic (exact) mass is 290 g/mol. The molecule has 0 atom stereocenters. The number of phenolic OH excluding ortho intramolecular Hbond substituents is 1. The first-order chi connectivity index (χ1) is 9.88. The molecule has 1 amide bonds. The van der Waals surface area contributed by atoms with Gasteiger partial charge in [-0.15, -0.1) is 0 Å². The highest BCUT2D eigenvalue weighted by Crippen LogP contribution is 2.24. The Morgan fingerprint density at radius 1 is 1.52 bits per heavy atom. The number of aromatic nitrogens is 2. The molecule has 0 unspecified atom stereocenters. The number of hydrogen-bond donors (Lipinski definition) is 1. The Morgan fingerprint density at radius 2 is 2.24 bits per heavy atom. The van der Waals surface area contributed by atoms with Gasteiger partial charge in [-0.05, 0) is 12.1 Å². The average Bonchev–Trinajstić information content (AvgIpc) is 2.82. The molecule has 0 aliphatic heterocycles. The van der Waals surface area contributed by atoms with E-state index in [1.807, 2.05) is 0 Å². The molecular formula is C13H14N4O4. The minimum atomic E-state index is -0.648. The first-order valence-electron chi connectivity index (χ1n) is 6.09. The number of carbonyl (C=O) groups is 1. The molecule has 0 saturated carbocycles. The van der Waals surface area contributed by atoms with Crippen LogP contribution in [0.1, 0.15) is 15.9 Å². The third-order valence-corrected chi connectivity index (χ3v) is 2.93. The zero-order valence-corrected chi connectivity index (χ0v) is 11.6. The number of rotatable bonds is 4. The van der Waals surface area contributed by atoms with Crippen molar-refractivity contribution in [2.75, 3.05) is 7.05 Å². The molecule has 0 spiro atoms. The van der Waals surface area contributed by atoms with Crippen LogP contribution in [-0.2, 0) is 13.6 Å². The van der Waals surface area contributed by atoms with Gasteiger partial charge in [0, 0.05) is 38.5 Å². The quantitative estimate of drug-likeness (QED) is 0.675. The van der Waals surface area contributed by atoms with E-state index in [4.69, 9.17) is 0 Å². The van der Waals surface area contributed by atoms with Crippen LogP contribution in [0.5, 0.6) is 5.75 Å². The van der Waals surface area contributed by atoms with Gasteiger partial charge in [0.1, 0.15) is 11.3 Å². The van der Waals surface area contributed by atoms with Crippen molar-refractivity contribution in [1.82, 2.24) is 14.7 Å². The Labute approximate surface area is 120 Å². The van der Waals surface area contributed by atoms with E-state index in [9.17, 15) is 20.0 Å². The maximum Gasteiger partial charge on any atom is 0.282 e. The van der Waals surface area contributed by atoms with Crippen LogP contribution in [0.25, 0.3) is 0 Å². The van der Waals surface area contributed by atoms with Gasteiger partial charge in [-0.1, -0.05) is 0 Å². The molecule has 110 valence electrons. The fourth-order valence-electron chi connectivity index (χ4n) is 1.96. The molecule has 0 saturated heterocycles. The van der Waals surface area contributed by atoms with Crippen LogP contribution in [0, 0.1) is 10.1 Å². The predicted octanol–water partition coefficient (Wildman–Crippen LogP) is 1.31. The summed E-state index contributed by atoms with van der Waals surface area (Å²) >= 11 is 0. The minimum Gasteiger partial charge on any atom is -0.508 e. The topological polar surface area (TPSA) is 102 Å². The maximum absolute atomic E-state index is 12.3. The van der Waals surface area contributed by atoms with Crippen LogP contribution in [-0.4, -0.2) is 37.7 Å². The molecule has 1 aromatic carbocycles. The van der Waals surface area contributed by atoms with Crippen molar-refractivity contribution >= 4 is 11.6 Å². The summed E-state index contributed by atoms with van der Waals surface area (Å²) in [7, 11) is 3.29. The van der Waals surface area contributed by atoms with Crippen LogP contribution >= 0.6 is 0 Å². The largest absolute Gasteiger partial charge is 0.508 e. The number of hydrogen-bond acceptors (Lipinski definition) is 5. The third-order valence-electron chi connectivity index (χ3n) is 2.93. The summed E-state index contributed by atoms with van der Waals surface area (Å²) in [5.74, 6) is -0.736. The lowest BCUT2D eigenvalue weighted by Crippen LogP contribution is -2.26. The van der Waals surface area contributed by atoms with Gasteiger partial charge in [0.25, 0.3) is 11.6 Å². The summed E-state index contributed by atoms with van der Waals surface area (Å²) in [6, 6.07) is 3.39. The van der Waals surface area contributed by atoms with E-state index < -0.39 is 10.8 Å². The van der Waals surface area contributed by atoms with Gasteiger partial charge >= 0.3 is 0 Å². The highest BCUT2D eigenvalue weighted by molar-refractivity contribution is 5.98. The molecule has 1 heterocycles. The number of carbonyl (C=O) groups excluding carboxylic acids is 1. The fourth-order valence-corrected chi connectivity index (χ4v) is 1.96. The van der Waals surface area contributed by atoms with Crippen molar-refractivity contribution in [2.24, 2.45) is 7.05 Å². The van der Waals surface area contributed by atoms with Crippen LogP contribution < -0.4 is 0 Å². The molecule has 0 aliphatic rings. The van der Waals surface area contributed by atoms with E-state index in [1.165, 1.54) is 18.0 Å². The Hall–Kier alpha value is -2.90. The van der Waals surface area contributed by atoms with Crippen molar-refractivity contribution < 1.29 is 14.8 Å². The molecule has 2 rings (SSSR count). The Bertz CT molecular complexity index is 695. The number of nitrogens with zero attached hydrogens (tertiary/aromatic N) is 4. The predicted molar refractivity (Wildman–Crippen MR) is 73.8 cm³/mol. The van der Waals surface area contributed by atoms with Gasteiger partial charge in [-0.2, -0.15) is 5.10 Å². The lowest BCUT2D eigenvalue weighted by molar-refractivity contribution is -0.385. The van der Waals surface area contributed by atoms with Gasteiger partial charge in [-0.25, -0.2) is 0 Å². The van der Waals surface area contributed by atoms with E-state index in [-0.39, 0.29) is 23.5 Å². The van der Waals surface area contributed by atoms with Crippen LogP contribution in [0.2, 0.25) is 0 Å². The summed E-state index contributed by atoms with van der Waals surface area (Å²) in [6.45, 7) is 0.263. The first-order valence-corrected chi connectivity index (χ1v) is 6.09. The number of amides is 1. The summed E-state index contributed by atoms with van der Waals surface area (Å²) in [6.07, 6.45) is 3.36. The zero-order valence-electron chi connectivity index (χ0n) is 11.6. The minimum absolute atomic E-state index is 0.147. The second-order valence-electron chi connectivity index (χ2n) is 4.64. The number of aryl methyl sites for hydroxylation is 1. The summed E-state index contributed by atoms with van der Waals surface area (Å²) < 4.78 is 1.60. The highest BCUT2D eigenvalue weighted by atomic mass is 16.6. The summed E-state index contributed by atoms with van der Waals surface area (Å²) in [5.41, 5.74) is 0.318. The molecule has 1 N–H and O–H groups in total. The lowest BCUT2D eigenvalue weighted by Gasteiger charge is -2.16. The second-order valence-corrected chi connectivity index (χ2v) is 4.64. The molecule has 8 nitrogen and oxygen atoms in total. The van der Waals surface area contributed by atoms with Crippen molar-refractivity contribution in [3.05, 3.63) is 51.8 Å². The molecular weight excluding hydrogens is 276 g/mol. The molecule has 0 aliphatic carbocycles. The van der Waals surface area contributed by atoms with E-state index in [0.29, 0.717) is 0 Å². The lowest BCUT2D eigenvalue weighted by atomic mass is 10.1. The average molecular weight is 290 g/mol. The number of nitro groups is 1. The van der Waals surface area contributed by atoms with E-state index in [2.05, 4.69) is 5.10 Å². The van der Waals surface area contributed by atoms with Crippen molar-refractivity contribution in [3.63, 3.8) is 0 Å². The van der Waals surface area contributed by atoms with Gasteiger partial charge in [-0.3, -0.25) is 19.6 Å². The standard InChI is InChI=1S/C13H14N4O4/c1-15(7-9-6-14-16(2)8-9)13(19)11-5-10(18)3-4-12(11)17(20)21/h3-6,8,18H,7H2,1-2H3. The van der Waals surface area contributed by atoms with E-state index in [1.54, 1.807) is 24.1 Å². The molecule has 0 radical (unpaired) electrons. The molecule has 0 bridgehead atoms. The van der Waals surface area contributed by atoms with Crippen LogP contribution in [0.15, 0.2) is 30.6 Å². The Kier molecular flexibility index (Phi) is 3.88. The van der Waals surface area contributed by atoms with E-state index >= 15 is 0 Å². The summed E-state index contributed by atoms with van der Waals surface area (Å²) in [4.78, 5) is 24.0. The van der Waals surface area contributed by atoms with Crippen LogP contribution in [0.3, 0.4) is 0 Å². The molecule has 8 heteroatoms. The first kappa shape index (κ1) is 14.5. The van der Waals surface area contributed by atoms with Crippen LogP contribution in [0.4, 0.5) is 5.69 Å². The van der Waals surface area contributed by atoms with Crippen molar-refractivity contribution in [2.45, 2.75) is 6.54 Å². The molecule has 1 aromatic heterocycles. The normalized spacial score (nSPS) is 10.4. The van der Waals surface area contributed by atoms with Crippen molar-refractivity contribution in [3.8, 4) is 5.75 Å². The second kappa shape index (κ2) is 5.61. The smallest absolute Gasteiger partial charge is 0.282 e. The van der Waals surface area contributed by atoms with Crippen molar-refractivity contribution in [1.29, 1.82) is 0 Å².